The molecule has 0 aliphatic carbocycles. The summed E-state index contributed by atoms with van der Waals surface area (Å²) in [6.07, 6.45) is 1.60. The summed E-state index contributed by atoms with van der Waals surface area (Å²) >= 11 is 0. The summed E-state index contributed by atoms with van der Waals surface area (Å²) in [4.78, 5) is 10.8. The smallest absolute Gasteiger partial charge is 0.132 e. The predicted molar refractivity (Wildman–Crippen MR) is 71.3 cm³/mol. The van der Waals surface area contributed by atoms with Gasteiger partial charge in [0.15, 0.2) is 0 Å². The van der Waals surface area contributed by atoms with Gasteiger partial charge in [0, 0.05) is 32.3 Å². The van der Waals surface area contributed by atoms with E-state index in [1.165, 1.54) is 0 Å². The Morgan fingerprint density at radius 3 is 2.83 bits per heavy atom. The Balaban J connectivity index is 2.11. The first-order valence-corrected chi connectivity index (χ1v) is 6.42. The Bertz CT molecular complexity index is 396. The first-order valence-electron chi connectivity index (χ1n) is 6.42. The number of rotatable bonds is 4. The Morgan fingerprint density at radius 2 is 2.22 bits per heavy atom. The van der Waals surface area contributed by atoms with Crippen molar-refractivity contribution in [3.05, 3.63) is 18.1 Å². The molecule has 0 aromatic carbocycles. The van der Waals surface area contributed by atoms with Crippen molar-refractivity contribution < 1.29 is 4.74 Å². The molecule has 1 aromatic rings. The average Bonchev–Trinajstić information content (AvgIpc) is 2.72. The summed E-state index contributed by atoms with van der Waals surface area (Å²) in [5.74, 6) is 2.09. The maximum atomic E-state index is 6.19. The van der Waals surface area contributed by atoms with Gasteiger partial charge in [-0.25, -0.2) is 9.97 Å². The third-order valence-corrected chi connectivity index (χ3v) is 3.59. The third-order valence-electron chi connectivity index (χ3n) is 3.59. The van der Waals surface area contributed by atoms with Gasteiger partial charge in [-0.3, -0.25) is 0 Å². The second-order valence-corrected chi connectivity index (χ2v) is 5.28. The van der Waals surface area contributed by atoms with Crippen molar-refractivity contribution in [1.29, 1.82) is 0 Å². The van der Waals surface area contributed by atoms with E-state index in [0.717, 1.165) is 24.6 Å². The van der Waals surface area contributed by atoms with Crippen molar-refractivity contribution in [1.82, 2.24) is 9.97 Å². The highest BCUT2D eigenvalue weighted by atomic mass is 16.5. The molecule has 2 rings (SSSR count). The van der Waals surface area contributed by atoms with E-state index >= 15 is 0 Å². The summed E-state index contributed by atoms with van der Waals surface area (Å²) in [7, 11) is 1.67. The number of hydrogen-bond donors (Lipinski definition) is 1. The second kappa shape index (κ2) is 5.63. The molecule has 100 valence electrons. The summed E-state index contributed by atoms with van der Waals surface area (Å²) in [6.45, 7) is 6.81. The highest BCUT2D eigenvalue weighted by Gasteiger charge is 2.32. The van der Waals surface area contributed by atoms with Crippen LogP contribution in [0.2, 0.25) is 0 Å². The molecule has 0 saturated carbocycles. The molecule has 0 amide bonds. The number of nitrogens with two attached hydrogens (primary N) is 1. The highest BCUT2D eigenvalue weighted by Crippen LogP contribution is 2.26. The molecule has 2 heterocycles. The number of ether oxygens (including phenoxy) is 1. The first kappa shape index (κ1) is 13.2. The molecule has 0 unspecified atom stereocenters. The summed E-state index contributed by atoms with van der Waals surface area (Å²) in [5.41, 5.74) is 7.10. The molecule has 0 bridgehead atoms. The van der Waals surface area contributed by atoms with E-state index in [1.807, 2.05) is 6.07 Å². The number of methoxy groups -OCH3 is 1. The first-order chi connectivity index (χ1) is 8.61. The Morgan fingerprint density at radius 1 is 1.44 bits per heavy atom. The summed E-state index contributed by atoms with van der Waals surface area (Å²) in [6, 6.07) is 2.21. The molecular formula is C13H22N4O. The molecule has 2 N–H and O–H groups in total. The molecule has 2 atom stereocenters. The van der Waals surface area contributed by atoms with Crippen molar-refractivity contribution in [2.24, 2.45) is 17.6 Å². The Labute approximate surface area is 108 Å². The number of nitrogens with zero attached hydrogens (tertiary/aromatic N) is 3. The molecule has 5 nitrogen and oxygen atoms in total. The highest BCUT2D eigenvalue weighted by molar-refractivity contribution is 5.41. The largest absolute Gasteiger partial charge is 0.378 e. The van der Waals surface area contributed by atoms with Gasteiger partial charge in [0.05, 0.1) is 12.3 Å². The van der Waals surface area contributed by atoms with Crippen LogP contribution >= 0.6 is 0 Å². The van der Waals surface area contributed by atoms with Crippen LogP contribution in [0.4, 0.5) is 5.82 Å². The second-order valence-electron chi connectivity index (χ2n) is 5.28. The van der Waals surface area contributed by atoms with E-state index in [9.17, 15) is 0 Å². The van der Waals surface area contributed by atoms with Crippen LogP contribution in [0, 0.1) is 11.8 Å². The van der Waals surface area contributed by atoms with Crippen LogP contribution in [0.3, 0.4) is 0 Å². The van der Waals surface area contributed by atoms with Crippen LogP contribution in [0.15, 0.2) is 12.4 Å². The van der Waals surface area contributed by atoms with Crippen molar-refractivity contribution in [3.63, 3.8) is 0 Å². The van der Waals surface area contributed by atoms with E-state index in [2.05, 4.69) is 28.7 Å². The fraction of sp³-hybridized carbons (Fsp3) is 0.692. The molecular weight excluding hydrogens is 228 g/mol. The number of aromatic nitrogens is 2. The van der Waals surface area contributed by atoms with Gasteiger partial charge in [-0.1, -0.05) is 13.8 Å². The molecule has 1 aliphatic rings. The number of anilines is 1. The van der Waals surface area contributed by atoms with E-state index < -0.39 is 0 Å². The maximum absolute atomic E-state index is 6.19. The minimum Gasteiger partial charge on any atom is -0.378 e. The lowest BCUT2D eigenvalue weighted by molar-refractivity contribution is 0.181. The minimum atomic E-state index is 0.228. The maximum Gasteiger partial charge on any atom is 0.132 e. The Kier molecular flexibility index (Phi) is 4.14. The van der Waals surface area contributed by atoms with Crippen molar-refractivity contribution >= 4 is 5.82 Å². The van der Waals surface area contributed by atoms with Gasteiger partial charge >= 0.3 is 0 Å². The molecule has 0 radical (unpaired) electrons. The van der Waals surface area contributed by atoms with Gasteiger partial charge in [0.25, 0.3) is 0 Å². The van der Waals surface area contributed by atoms with Gasteiger partial charge in [0.1, 0.15) is 12.1 Å². The van der Waals surface area contributed by atoms with Crippen LogP contribution in [0.1, 0.15) is 19.5 Å². The van der Waals surface area contributed by atoms with E-state index in [4.69, 9.17) is 10.5 Å². The van der Waals surface area contributed by atoms with Crippen LogP contribution in [0.5, 0.6) is 0 Å². The summed E-state index contributed by atoms with van der Waals surface area (Å²) < 4.78 is 5.09. The molecule has 1 aromatic heterocycles. The zero-order valence-electron chi connectivity index (χ0n) is 11.3. The van der Waals surface area contributed by atoms with Gasteiger partial charge < -0.3 is 15.4 Å². The average molecular weight is 250 g/mol. The summed E-state index contributed by atoms with van der Waals surface area (Å²) in [5, 5.41) is 0. The van der Waals surface area contributed by atoms with Crippen molar-refractivity contribution in [2.45, 2.75) is 26.5 Å². The molecule has 18 heavy (non-hydrogen) atoms. The van der Waals surface area contributed by atoms with Crippen LogP contribution in [-0.2, 0) is 11.3 Å². The molecule has 1 fully saturated rings. The van der Waals surface area contributed by atoms with Crippen LogP contribution in [0.25, 0.3) is 0 Å². The minimum absolute atomic E-state index is 0.228. The topological polar surface area (TPSA) is 64.3 Å². The SMILES string of the molecule is COCc1cc(N2C[C@H](C(C)C)[C@@H](N)C2)ncn1. The lowest BCUT2D eigenvalue weighted by atomic mass is 9.92. The van der Waals surface area contributed by atoms with Gasteiger partial charge in [0.2, 0.25) is 0 Å². The fourth-order valence-electron chi connectivity index (χ4n) is 2.53. The lowest BCUT2D eigenvalue weighted by Gasteiger charge is -2.19. The van der Waals surface area contributed by atoms with Gasteiger partial charge in [-0.05, 0) is 11.8 Å². The predicted octanol–water partition coefficient (Wildman–Crippen LogP) is 1.04. The fourth-order valence-corrected chi connectivity index (χ4v) is 2.53. The third kappa shape index (κ3) is 2.79. The standard InChI is InChI=1S/C13H22N4O/c1-9(2)11-5-17(6-12(11)14)13-4-10(7-18-3)15-8-16-13/h4,8-9,11-12H,5-7,14H2,1-3H3/t11-,12+/m1/s1. The van der Waals surface area contributed by atoms with Gasteiger partial charge in [-0.15, -0.1) is 0 Å². The Hall–Kier alpha value is -1.20. The van der Waals surface area contributed by atoms with Gasteiger partial charge in [-0.2, -0.15) is 0 Å². The van der Waals surface area contributed by atoms with Crippen molar-refractivity contribution in [3.8, 4) is 0 Å². The van der Waals surface area contributed by atoms with E-state index in [1.54, 1.807) is 13.4 Å². The molecule has 5 heteroatoms. The quantitative estimate of drug-likeness (QED) is 0.865. The van der Waals surface area contributed by atoms with Crippen LogP contribution in [-0.4, -0.2) is 36.2 Å². The zero-order chi connectivity index (χ0) is 13.1. The molecule has 1 aliphatic heterocycles. The number of hydrogen-bond acceptors (Lipinski definition) is 5. The lowest BCUT2D eigenvalue weighted by Crippen LogP contribution is -2.32. The monoisotopic (exact) mass is 250 g/mol. The van der Waals surface area contributed by atoms with E-state index in [-0.39, 0.29) is 6.04 Å². The van der Waals surface area contributed by atoms with Crippen LogP contribution < -0.4 is 10.6 Å². The normalized spacial score (nSPS) is 23.9. The van der Waals surface area contributed by atoms with Crippen molar-refractivity contribution in [2.75, 3.05) is 25.1 Å². The van der Waals surface area contributed by atoms with E-state index in [0.29, 0.717) is 18.4 Å². The zero-order valence-corrected chi connectivity index (χ0v) is 11.3. The molecule has 0 spiro atoms. The molecule has 1 saturated heterocycles.